The van der Waals surface area contributed by atoms with Gasteiger partial charge >= 0.3 is 17.9 Å². The standard InChI is InChI=1S/C36H35NO10/c1-2-3-4-5-6-7-22-44-29-16-10-26(11-17-29)34(39)46-30-18-12-27(13-19-30)35(40)47-31-20-21-33(38)32(23-31)36(41)45-24-25-8-14-28(15-9-25)37(42)43/h8-21,23,38H,2-7,22,24H2,1H3. The fourth-order valence-corrected chi connectivity index (χ4v) is 4.43. The smallest absolute Gasteiger partial charge is 0.343 e. The maximum atomic E-state index is 12.7. The predicted octanol–water partition coefficient (Wildman–Crippen LogP) is 7.84. The first-order valence-corrected chi connectivity index (χ1v) is 15.2. The Kier molecular flexibility index (Phi) is 12.4. The van der Waals surface area contributed by atoms with Crippen LogP contribution in [0.15, 0.2) is 91.0 Å². The summed E-state index contributed by atoms with van der Waals surface area (Å²) >= 11 is 0. The number of hydrogen-bond acceptors (Lipinski definition) is 10. The van der Waals surface area contributed by atoms with Gasteiger partial charge < -0.3 is 24.1 Å². The van der Waals surface area contributed by atoms with Crippen LogP contribution in [-0.4, -0.2) is 34.5 Å². The lowest BCUT2D eigenvalue weighted by Gasteiger charge is -2.10. The van der Waals surface area contributed by atoms with Crippen molar-refractivity contribution < 1.29 is 43.4 Å². The number of rotatable bonds is 16. The van der Waals surface area contributed by atoms with Crippen LogP contribution in [0.3, 0.4) is 0 Å². The molecule has 4 rings (SSSR count). The van der Waals surface area contributed by atoms with Crippen molar-refractivity contribution in [3.05, 3.63) is 123 Å². The lowest BCUT2D eigenvalue weighted by atomic mass is 10.1. The number of nitro benzene ring substituents is 1. The second kappa shape index (κ2) is 17.1. The van der Waals surface area contributed by atoms with Crippen molar-refractivity contribution in [2.75, 3.05) is 6.61 Å². The van der Waals surface area contributed by atoms with Crippen molar-refractivity contribution in [2.45, 2.75) is 52.1 Å². The maximum Gasteiger partial charge on any atom is 0.343 e. The van der Waals surface area contributed by atoms with E-state index in [1.54, 1.807) is 24.3 Å². The summed E-state index contributed by atoms with van der Waals surface area (Å²) < 4.78 is 21.7. The predicted molar refractivity (Wildman–Crippen MR) is 172 cm³/mol. The highest BCUT2D eigenvalue weighted by Gasteiger charge is 2.17. The molecule has 0 aromatic heterocycles. The average molecular weight is 642 g/mol. The fraction of sp³-hybridized carbons (Fsp3) is 0.250. The highest BCUT2D eigenvalue weighted by molar-refractivity contribution is 5.95. The number of nitro groups is 1. The SMILES string of the molecule is CCCCCCCCOc1ccc(C(=O)Oc2ccc(C(=O)Oc3ccc(O)c(C(=O)OCc4ccc([N+](=O)[O-])cc4)c3)cc2)cc1. The second-order valence-corrected chi connectivity index (χ2v) is 10.6. The largest absolute Gasteiger partial charge is 0.507 e. The molecule has 1 N–H and O–H groups in total. The van der Waals surface area contributed by atoms with Crippen molar-refractivity contribution >= 4 is 23.6 Å². The molecule has 0 atom stereocenters. The van der Waals surface area contributed by atoms with Crippen molar-refractivity contribution in [3.63, 3.8) is 0 Å². The molecule has 0 saturated heterocycles. The van der Waals surface area contributed by atoms with Crippen LogP contribution in [0.5, 0.6) is 23.0 Å². The third-order valence-electron chi connectivity index (χ3n) is 7.07. The lowest BCUT2D eigenvalue weighted by molar-refractivity contribution is -0.384. The minimum Gasteiger partial charge on any atom is -0.507 e. The molecular weight excluding hydrogens is 606 g/mol. The van der Waals surface area contributed by atoms with E-state index in [1.165, 1.54) is 86.3 Å². The Balaban J connectivity index is 1.26. The first-order valence-electron chi connectivity index (χ1n) is 15.2. The lowest BCUT2D eigenvalue weighted by Crippen LogP contribution is -2.11. The number of non-ortho nitro benzene ring substituents is 1. The van der Waals surface area contributed by atoms with Crippen LogP contribution in [0, 0.1) is 10.1 Å². The van der Waals surface area contributed by atoms with Gasteiger partial charge in [-0.05, 0) is 90.8 Å². The van der Waals surface area contributed by atoms with Crippen LogP contribution < -0.4 is 14.2 Å². The Morgan fingerprint density at radius 1 is 0.681 bits per heavy atom. The van der Waals surface area contributed by atoms with Crippen LogP contribution in [0.4, 0.5) is 5.69 Å². The van der Waals surface area contributed by atoms with Crippen LogP contribution >= 0.6 is 0 Å². The Bertz CT molecular complexity index is 1670. The van der Waals surface area contributed by atoms with Gasteiger partial charge in [0.05, 0.1) is 22.7 Å². The number of nitrogens with zero attached hydrogens (tertiary/aromatic N) is 1. The van der Waals surface area contributed by atoms with Crippen LogP contribution in [-0.2, 0) is 11.3 Å². The van der Waals surface area contributed by atoms with Crippen molar-refractivity contribution in [1.29, 1.82) is 0 Å². The van der Waals surface area contributed by atoms with Gasteiger partial charge in [-0.3, -0.25) is 10.1 Å². The molecule has 0 aliphatic rings. The first-order chi connectivity index (χ1) is 22.7. The minimum absolute atomic E-state index is 0.0232. The number of phenolic OH excluding ortho intramolecular Hbond substituents is 1. The molecule has 11 heteroatoms. The van der Waals surface area contributed by atoms with Crippen molar-refractivity contribution in [1.82, 2.24) is 0 Å². The Morgan fingerprint density at radius 2 is 1.23 bits per heavy atom. The van der Waals surface area contributed by atoms with Gasteiger partial charge in [0.1, 0.15) is 35.2 Å². The number of carbonyl (C=O) groups is 3. The van der Waals surface area contributed by atoms with Crippen LogP contribution in [0.1, 0.15) is 82.1 Å². The number of phenols is 1. The molecule has 0 unspecified atom stereocenters. The Morgan fingerprint density at radius 3 is 1.85 bits per heavy atom. The van der Waals surface area contributed by atoms with E-state index in [1.807, 2.05) is 0 Å². The van der Waals surface area contributed by atoms with E-state index >= 15 is 0 Å². The van der Waals surface area contributed by atoms with E-state index in [0.29, 0.717) is 23.5 Å². The zero-order valence-corrected chi connectivity index (χ0v) is 25.9. The van der Waals surface area contributed by atoms with E-state index in [2.05, 4.69) is 6.92 Å². The van der Waals surface area contributed by atoms with Crippen LogP contribution in [0.25, 0.3) is 0 Å². The summed E-state index contributed by atoms with van der Waals surface area (Å²) in [6, 6.07) is 21.5. The monoisotopic (exact) mass is 641 g/mol. The number of carbonyl (C=O) groups excluding carboxylic acids is 3. The van der Waals surface area contributed by atoms with Gasteiger partial charge in [0.25, 0.3) is 5.69 Å². The molecule has 4 aromatic carbocycles. The summed E-state index contributed by atoms with van der Waals surface area (Å²) in [6.45, 7) is 2.61. The topological polar surface area (TPSA) is 152 Å². The molecule has 0 aliphatic carbocycles. The van der Waals surface area contributed by atoms with Gasteiger partial charge in [-0.2, -0.15) is 0 Å². The molecule has 0 aliphatic heterocycles. The van der Waals surface area contributed by atoms with Gasteiger partial charge in [0.2, 0.25) is 0 Å². The first kappa shape index (κ1) is 34.2. The van der Waals surface area contributed by atoms with Gasteiger partial charge in [-0.1, -0.05) is 39.0 Å². The van der Waals surface area contributed by atoms with Crippen molar-refractivity contribution in [2.24, 2.45) is 0 Å². The van der Waals surface area contributed by atoms with Gasteiger partial charge in [0, 0.05) is 12.1 Å². The normalized spacial score (nSPS) is 10.6. The molecule has 0 radical (unpaired) electrons. The summed E-state index contributed by atoms with van der Waals surface area (Å²) in [5.74, 6) is -1.73. The zero-order chi connectivity index (χ0) is 33.6. The maximum absolute atomic E-state index is 12.7. The summed E-state index contributed by atoms with van der Waals surface area (Å²) in [5.41, 5.74) is 0.647. The molecule has 244 valence electrons. The quantitative estimate of drug-likeness (QED) is 0.0421. The number of unbranched alkanes of at least 4 members (excludes halogenated alkanes) is 5. The molecule has 0 heterocycles. The summed E-state index contributed by atoms with van der Waals surface area (Å²) in [6.07, 6.45) is 7.04. The van der Waals surface area contributed by atoms with E-state index in [-0.39, 0.29) is 40.7 Å². The molecule has 0 amide bonds. The summed E-state index contributed by atoms with van der Waals surface area (Å²) in [4.78, 5) is 48.2. The number of aromatic hydroxyl groups is 1. The summed E-state index contributed by atoms with van der Waals surface area (Å²) in [5, 5.41) is 21.0. The van der Waals surface area contributed by atoms with E-state index < -0.39 is 22.8 Å². The fourth-order valence-electron chi connectivity index (χ4n) is 4.43. The third kappa shape index (κ3) is 10.4. The number of esters is 3. The highest BCUT2D eigenvalue weighted by atomic mass is 16.6. The van der Waals surface area contributed by atoms with E-state index in [4.69, 9.17) is 18.9 Å². The van der Waals surface area contributed by atoms with Gasteiger partial charge in [-0.15, -0.1) is 0 Å². The molecule has 11 nitrogen and oxygen atoms in total. The molecular formula is C36H35NO10. The van der Waals surface area contributed by atoms with E-state index in [9.17, 15) is 29.6 Å². The molecule has 0 spiro atoms. The number of hydrogen-bond donors (Lipinski definition) is 1. The number of ether oxygens (including phenoxy) is 4. The minimum atomic E-state index is -0.889. The zero-order valence-electron chi connectivity index (χ0n) is 25.9. The number of benzene rings is 4. The van der Waals surface area contributed by atoms with Crippen molar-refractivity contribution in [3.8, 4) is 23.0 Å². The second-order valence-electron chi connectivity index (χ2n) is 10.6. The third-order valence-corrected chi connectivity index (χ3v) is 7.07. The Labute approximate surface area is 271 Å². The average Bonchev–Trinajstić information content (AvgIpc) is 3.08. The molecule has 4 aromatic rings. The highest BCUT2D eigenvalue weighted by Crippen LogP contribution is 2.26. The molecule has 0 fully saturated rings. The molecule has 0 bridgehead atoms. The summed E-state index contributed by atoms with van der Waals surface area (Å²) in [7, 11) is 0. The van der Waals surface area contributed by atoms with Crippen LogP contribution in [0.2, 0.25) is 0 Å². The van der Waals surface area contributed by atoms with Gasteiger partial charge in [0.15, 0.2) is 0 Å². The molecule has 47 heavy (non-hydrogen) atoms. The Hall–Kier alpha value is -5.71. The molecule has 0 saturated carbocycles. The van der Waals surface area contributed by atoms with E-state index in [0.717, 1.165) is 18.9 Å². The van der Waals surface area contributed by atoms with Gasteiger partial charge in [-0.25, -0.2) is 14.4 Å².